The fourth-order valence-corrected chi connectivity index (χ4v) is 2.37. The molecule has 2 unspecified atom stereocenters. The monoisotopic (exact) mass is 255 g/mol. The number of aliphatic hydroxyl groups is 3. The fraction of sp³-hybridized carbons (Fsp3) is 0.636. The van der Waals surface area contributed by atoms with Crippen LogP contribution >= 0.6 is 0 Å². The maximum atomic E-state index is 11.7. The van der Waals surface area contributed by atoms with Crippen LogP contribution in [0.3, 0.4) is 0 Å². The van der Waals surface area contributed by atoms with E-state index in [2.05, 4.69) is 4.98 Å². The number of aromatic nitrogens is 2. The Morgan fingerprint density at radius 1 is 1.50 bits per heavy atom. The van der Waals surface area contributed by atoms with E-state index in [1.54, 1.807) is 6.92 Å². The van der Waals surface area contributed by atoms with Gasteiger partial charge < -0.3 is 21.1 Å². The van der Waals surface area contributed by atoms with Gasteiger partial charge in [-0.1, -0.05) is 0 Å². The van der Waals surface area contributed by atoms with Crippen molar-refractivity contribution in [2.45, 2.75) is 31.6 Å². The van der Waals surface area contributed by atoms with E-state index in [9.17, 15) is 15.0 Å². The summed E-state index contributed by atoms with van der Waals surface area (Å²) in [6.07, 6.45) is -0.288. The Morgan fingerprint density at radius 3 is 2.72 bits per heavy atom. The van der Waals surface area contributed by atoms with Gasteiger partial charge in [0, 0.05) is 24.3 Å². The second-order valence-corrected chi connectivity index (χ2v) is 4.73. The summed E-state index contributed by atoms with van der Waals surface area (Å²) in [5.41, 5.74) is 5.59. The van der Waals surface area contributed by atoms with E-state index >= 15 is 0 Å². The van der Waals surface area contributed by atoms with Gasteiger partial charge in [0.05, 0.1) is 12.1 Å². The highest BCUT2D eigenvalue weighted by Crippen LogP contribution is 2.34. The predicted octanol–water partition coefficient (Wildman–Crippen LogP) is -1.59. The molecular formula is C11H17N3O4. The Bertz CT molecular complexity index is 502. The molecule has 2 rings (SSSR count). The molecule has 0 aromatic carbocycles. The van der Waals surface area contributed by atoms with Gasteiger partial charge in [0.15, 0.2) is 0 Å². The van der Waals surface area contributed by atoms with Crippen molar-refractivity contribution in [1.29, 1.82) is 0 Å². The van der Waals surface area contributed by atoms with Crippen molar-refractivity contribution in [2.24, 2.45) is 5.92 Å². The standard InChI is InChI=1S/C11H17N3O4/c1-5-3-14(11(18)13-10(5)12)7-2-6(4-15)8(16)9(7)17/h3,6-9,15-17H,2,4H2,1H3,(H2,12,13,18)/t6-,7-,8?,9?/m1/s1. The summed E-state index contributed by atoms with van der Waals surface area (Å²) in [6.45, 7) is 1.48. The number of nitrogens with two attached hydrogens (primary N) is 1. The quantitative estimate of drug-likeness (QED) is 0.505. The van der Waals surface area contributed by atoms with E-state index < -0.39 is 29.9 Å². The van der Waals surface area contributed by atoms with E-state index in [0.717, 1.165) is 0 Å². The highest BCUT2D eigenvalue weighted by molar-refractivity contribution is 5.35. The van der Waals surface area contributed by atoms with Crippen LogP contribution in [0.2, 0.25) is 0 Å². The number of hydrogen-bond acceptors (Lipinski definition) is 6. The van der Waals surface area contributed by atoms with Crippen molar-refractivity contribution in [3.8, 4) is 0 Å². The summed E-state index contributed by atoms with van der Waals surface area (Å²) in [6, 6.07) is -0.587. The molecule has 5 N–H and O–H groups in total. The molecule has 0 spiro atoms. The molecule has 1 fully saturated rings. The first-order valence-electron chi connectivity index (χ1n) is 5.78. The van der Waals surface area contributed by atoms with Gasteiger partial charge in [0.25, 0.3) is 0 Å². The lowest BCUT2D eigenvalue weighted by Crippen LogP contribution is -2.35. The highest BCUT2D eigenvalue weighted by atomic mass is 16.3. The van der Waals surface area contributed by atoms with Gasteiger partial charge in [0.1, 0.15) is 11.9 Å². The molecule has 18 heavy (non-hydrogen) atoms. The lowest BCUT2D eigenvalue weighted by Gasteiger charge is -2.19. The van der Waals surface area contributed by atoms with Gasteiger partial charge in [-0.3, -0.25) is 4.57 Å². The summed E-state index contributed by atoms with van der Waals surface area (Å²) in [4.78, 5) is 15.4. The van der Waals surface area contributed by atoms with E-state index in [0.29, 0.717) is 12.0 Å². The molecular weight excluding hydrogens is 238 g/mol. The number of hydrogen-bond donors (Lipinski definition) is 4. The van der Waals surface area contributed by atoms with Gasteiger partial charge in [-0.05, 0) is 13.3 Å². The summed E-state index contributed by atoms with van der Waals surface area (Å²) in [7, 11) is 0. The number of nitrogens with zero attached hydrogens (tertiary/aromatic N) is 2. The minimum atomic E-state index is -1.09. The van der Waals surface area contributed by atoms with Crippen molar-refractivity contribution in [1.82, 2.24) is 9.55 Å². The molecule has 1 heterocycles. The fourth-order valence-electron chi connectivity index (χ4n) is 2.37. The van der Waals surface area contributed by atoms with Gasteiger partial charge in [-0.2, -0.15) is 4.98 Å². The average molecular weight is 255 g/mol. The van der Waals surface area contributed by atoms with Crippen LogP contribution in [0.4, 0.5) is 5.82 Å². The van der Waals surface area contributed by atoms with Crippen LogP contribution in [0.5, 0.6) is 0 Å². The minimum absolute atomic E-state index is 0.156. The average Bonchev–Trinajstić information content (AvgIpc) is 2.61. The molecule has 1 aliphatic carbocycles. The molecule has 1 saturated carbocycles. The second kappa shape index (κ2) is 4.68. The molecule has 1 aromatic heterocycles. The number of aryl methyl sites for hydroxylation is 1. The van der Waals surface area contributed by atoms with Crippen molar-refractivity contribution < 1.29 is 15.3 Å². The first-order chi connectivity index (χ1) is 8.45. The maximum absolute atomic E-state index is 11.7. The molecule has 1 aliphatic rings. The highest BCUT2D eigenvalue weighted by Gasteiger charge is 2.42. The summed E-state index contributed by atoms with van der Waals surface area (Å²) in [5, 5.41) is 28.7. The molecule has 100 valence electrons. The van der Waals surface area contributed by atoms with E-state index in [1.807, 2.05) is 0 Å². The Labute approximate surface area is 104 Å². The van der Waals surface area contributed by atoms with Crippen LogP contribution in [0.1, 0.15) is 18.0 Å². The van der Waals surface area contributed by atoms with Crippen LogP contribution < -0.4 is 11.4 Å². The van der Waals surface area contributed by atoms with E-state index in [4.69, 9.17) is 10.8 Å². The number of rotatable bonds is 2. The Balaban J connectivity index is 2.39. The van der Waals surface area contributed by atoms with Crippen LogP contribution in [0, 0.1) is 12.8 Å². The molecule has 7 nitrogen and oxygen atoms in total. The minimum Gasteiger partial charge on any atom is -0.396 e. The summed E-state index contributed by atoms with van der Waals surface area (Å²) >= 11 is 0. The third kappa shape index (κ3) is 2.00. The third-order valence-electron chi connectivity index (χ3n) is 3.54. The molecule has 0 saturated heterocycles. The zero-order valence-electron chi connectivity index (χ0n) is 10.0. The molecule has 0 amide bonds. The van der Waals surface area contributed by atoms with Crippen LogP contribution in [-0.2, 0) is 0 Å². The Hall–Kier alpha value is -1.44. The van der Waals surface area contributed by atoms with Crippen LogP contribution in [0.15, 0.2) is 11.0 Å². The largest absolute Gasteiger partial charge is 0.396 e. The zero-order chi connectivity index (χ0) is 13.4. The summed E-state index contributed by atoms with van der Waals surface area (Å²) in [5.74, 6) is -0.280. The molecule has 4 atom stereocenters. The van der Waals surface area contributed by atoms with Crippen LogP contribution in [-0.4, -0.2) is 43.7 Å². The molecule has 0 bridgehead atoms. The second-order valence-electron chi connectivity index (χ2n) is 4.73. The smallest absolute Gasteiger partial charge is 0.349 e. The predicted molar refractivity (Wildman–Crippen MR) is 63.9 cm³/mol. The SMILES string of the molecule is Cc1cn([C@@H]2C[C@H](CO)C(O)C2O)c(=O)nc1N. The number of aliphatic hydroxyl groups excluding tert-OH is 3. The number of nitrogen functional groups attached to an aromatic ring is 1. The first kappa shape index (κ1) is 13.0. The topological polar surface area (TPSA) is 122 Å². The lowest BCUT2D eigenvalue weighted by atomic mass is 10.1. The van der Waals surface area contributed by atoms with Crippen molar-refractivity contribution in [3.63, 3.8) is 0 Å². The normalized spacial score (nSPS) is 31.8. The van der Waals surface area contributed by atoms with Gasteiger partial charge in [0.2, 0.25) is 0 Å². The van der Waals surface area contributed by atoms with Crippen molar-refractivity contribution >= 4 is 5.82 Å². The van der Waals surface area contributed by atoms with Gasteiger partial charge in [-0.15, -0.1) is 0 Å². The van der Waals surface area contributed by atoms with Gasteiger partial charge >= 0.3 is 5.69 Å². The zero-order valence-corrected chi connectivity index (χ0v) is 10.0. The van der Waals surface area contributed by atoms with E-state index in [-0.39, 0.29) is 12.4 Å². The van der Waals surface area contributed by atoms with E-state index in [1.165, 1.54) is 10.8 Å². The Morgan fingerprint density at radius 2 is 2.17 bits per heavy atom. The molecule has 1 aromatic rings. The third-order valence-corrected chi connectivity index (χ3v) is 3.54. The molecule has 0 aliphatic heterocycles. The lowest BCUT2D eigenvalue weighted by molar-refractivity contribution is -0.00455. The summed E-state index contributed by atoms with van der Waals surface area (Å²) < 4.78 is 1.27. The Kier molecular flexibility index (Phi) is 3.38. The molecule has 7 heteroatoms. The van der Waals surface area contributed by atoms with Gasteiger partial charge in [-0.25, -0.2) is 4.79 Å². The number of anilines is 1. The van der Waals surface area contributed by atoms with Crippen molar-refractivity contribution in [2.75, 3.05) is 12.3 Å². The first-order valence-corrected chi connectivity index (χ1v) is 5.78. The molecule has 0 radical (unpaired) electrons. The van der Waals surface area contributed by atoms with Crippen molar-refractivity contribution in [3.05, 3.63) is 22.2 Å². The maximum Gasteiger partial charge on any atom is 0.349 e. The van der Waals surface area contributed by atoms with Crippen LogP contribution in [0.25, 0.3) is 0 Å².